The lowest BCUT2D eigenvalue weighted by atomic mass is 10.1. The number of fused-ring (bicyclic) bond motifs is 1. The second-order valence-corrected chi connectivity index (χ2v) is 10.4. The smallest absolute Gasteiger partial charge is 0.475 e. The molecule has 1 atom stereocenters. The van der Waals surface area contributed by atoms with Crippen LogP contribution in [0.25, 0.3) is 10.8 Å². The summed E-state index contributed by atoms with van der Waals surface area (Å²) in [6, 6.07) is 14.9. The lowest BCUT2D eigenvalue weighted by molar-refractivity contribution is -0.192. The fourth-order valence-corrected chi connectivity index (χ4v) is 5.29. The van der Waals surface area contributed by atoms with E-state index in [0.29, 0.717) is 18.0 Å². The van der Waals surface area contributed by atoms with Crippen LogP contribution in [0.2, 0.25) is 0 Å². The van der Waals surface area contributed by atoms with Gasteiger partial charge in [-0.15, -0.1) is 0 Å². The molecule has 34 heavy (non-hydrogen) atoms. The number of rotatable bonds is 4. The number of hydrogen-bond acceptors (Lipinski definition) is 5. The van der Waals surface area contributed by atoms with Gasteiger partial charge in [-0.1, -0.05) is 28.1 Å². The van der Waals surface area contributed by atoms with Crippen molar-refractivity contribution >= 4 is 48.4 Å². The molecule has 1 aromatic heterocycles. The minimum atomic E-state index is -5.08. The van der Waals surface area contributed by atoms with Crippen LogP contribution in [0.1, 0.15) is 12.8 Å². The van der Waals surface area contributed by atoms with E-state index in [1.807, 2.05) is 30.5 Å². The Bertz CT molecular complexity index is 1250. The third-order valence-corrected chi connectivity index (χ3v) is 7.53. The van der Waals surface area contributed by atoms with Crippen LogP contribution >= 0.6 is 15.9 Å². The topological polar surface area (TPSA) is 99.6 Å². The normalized spacial score (nSPS) is 17.0. The van der Waals surface area contributed by atoms with Crippen molar-refractivity contribution in [1.82, 2.24) is 9.29 Å². The molecular weight excluding hydrogens is 539 g/mol. The largest absolute Gasteiger partial charge is 0.490 e. The molecule has 0 bridgehead atoms. The van der Waals surface area contributed by atoms with E-state index in [2.05, 4.69) is 26.2 Å². The van der Waals surface area contributed by atoms with Crippen molar-refractivity contribution in [3.05, 3.63) is 65.4 Å². The summed E-state index contributed by atoms with van der Waals surface area (Å²) in [7, 11) is -3.48. The number of carbonyl (C=O) groups is 1. The highest BCUT2D eigenvalue weighted by atomic mass is 79.9. The molecule has 12 heteroatoms. The first-order valence-corrected chi connectivity index (χ1v) is 12.4. The SMILES string of the molecule is O=C(O)C(F)(F)F.O=S(=O)(c1ccc(Br)cc1)N1CCCC(Nc2cccc3cnccc23)C1. The molecule has 1 aliphatic heterocycles. The molecule has 1 aliphatic rings. The van der Waals surface area contributed by atoms with Crippen molar-refractivity contribution in [3.63, 3.8) is 0 Å². The molecule has 2 aromatic carbocycles. The second-order valence-electron chi connectivity index (χ2n) is 7.51. The number of halogens is 4. The van der Waals surface area contributed by atoms with Gasteiger partial charge in [0.15, 0.2) is 0 Å². The Balaban J connectivity index is 0.000000406. The molecular formula is C22H21BrF3N3O4S. The molecule has 0 spiro atoms. The zero-order valence-electron chi connectivity index (χ0n) is 17.7. The molecule has 2 N–H and O–H groups in total. The number of anilines is 1. The fourth-order valence-electron chi connectivity index (χ4n) is 3.50. The minimum absolute atomic E-state index is 0.0720. The molecule has 1 saturated heterocycles. The first-order valence-electron chi connectivity index (χ1n) is 10.1. The number of aromatic nitrogens is 1. The summed E-state index contributed by atoms with van der Waals surface area (Å²) >= 11 is 3.35. The van der Waals surface area contributed by atoms with Crippen LogP contribution in [-0.4, -0.2) is 54.1 Å². The molecule has 0 saturated carbocycles. The summed E-state index contributed by atoms with van der Waals surface area (Å²) in [5.41, 5.74) is 1.02. The van der Waals surface area contributed by atoms with E-state index in [4.69, 9.17) is 9.90 Å². The van der Waals surface area contributed by atoms with Crippen LogP contribution in [0.3, 0.4) is 0 Å². The number of benzene rings is 2. The van der Waals surface area contributed by atoms with E-state index in [1.165, 1.54) is 0 Å². The molecule has 7 nitrogen and oxygen atoms in total. The standard InChI is InChI=1S/C20H20BrN3O2S.C2HF3O2/c21-16-6-8-18(9-7-16)27(25,26)24-12-2-4-17(14-24)23-20-5-1-3-15-13-22-11-10-19(15)20;3-2(4,5)1(6)7/h1,3,5-11,13,17,23H,2,4,12,14H2;(H,6,7). The van der Waals surface area contributed by atoms with Crippen molar-refractivity contribution < 1.29 is 31.5 Å². The Kier molecular flexibility index (Phi) is 8.16. The minimum Gasteiger partial charge on any atom is -0.475 e. The molecule has 1 unspecified atom stereocenters. The van der Waals surface area contributed by atoms with Crippen molar-refractivity contribution in [2.75, 3.05) is 18.4 Å². The van der Waals surface area contributed by atoms with Gasteiger partial charge < -0.3 is 10.4 Å². The number of hydrogen-bond donors (Lipinski definition) is 2. The molecule has 182 valence electrons. The van der Waals surface area contributed by atoms with Gasteiger partial charge in [0.05, 0.1) is 4.90 Å². The van der Waals surface area contributed by atoms with Crippen LogP contribution in [0.15, 0.2) is 70.3 Å². The molecule has 1 fully saturated rings. The number of piperidine rings is 1. The van der Waals surface area contributed by atoms with E-state index in [0.717, 1.165) is 33.8 Å². The number of carboxylic acid groups (broad SMARTS) is 1. The molecule has 0 amide bonds. The van der Waals surface area contributed by atoms with Gasteiger partial charge in [0.2, 0.25) is 10.0 Å². The average Bonchev–Trinajstić information content (AvgIpc) is 2.80. The molecule has 3 aromatic rings. The Hall–Kier alpha value is -2.70. The van der Waals surface area contributed by atoms with E-state index in [-0.39, 0.29) is 6.04 Å². The maximum Gasteiger partial charge on any atom is 0.490 e. The monoisotopic (exact) mass is 559 g/mol. The summed E-state index contributed by atoms with van der Waals surface area (Å²) in [5.74, 6) is -2.76. The number of aliphatic carboxylic acids is 1. The van der Waals surface area contributed by atoms with Crippen molar-refractivity contribution in [2.45, 2.75) is 30.0 Å². The molecule has 2 heterocycles. The van der Waals surface area contributed by atoms with Gasteiger partial charge in [0.1, 0.15) is 0 Å². The average molecular weight is 560 g/mol. The van der Waals surface area contributed by atoms with Gasteiger partial charge in [-0.2, -0.15) is 17.5 Å². The number of pyridine rings is 1. The third kappa shape index (κ3) is 6.45. The van der Waals surface area contributed by atoms with Crippen LogP contribution in [-0.2, 0) is 14.8 Å². The first-order chi connectivity index (χ1) is 16.0. The number of nitrogens with zero attached hydrogens (tertiary/aromatic N) is 2. The van der Waals surface area contributed by atoms with Gasteiger partial charge in [0.25, 0.3) is 0 Å². The summed E-state index contributed by atoms with van der Waals surface area (Å²) in [5, 5.41) is 12.8. The lowest BCUT2D eigenvalue weighted by Gasteiger charge is -2.33. The van der Waals surface area contributed by atoms with E-state index < -0.39 is 22.2 Å². The Morgan fingerprint density at radius 1 is 1.15 bits per heavy atom. The maximum absolute atomic E-state index is 13.0. The highest BCUT2D eigenvalue weighted by molar-refractivity contribution is 9.10. The molecule has 4 rings (SSSR count). The van der Waals surface area contributed by atoms with E-state index >= 15 is 0 Å². The van der Waals surface area contributed by atoms with Gasteiger partial charge in [-0.25, -0.2) is 13.2 Å². The van der Waals surface area contributed by atoms with Crippen molar-refractivity contribution in [2.24, 2.45) is 0 Å². The molecule has 0 radical (unpaired) electrons. The summed E-state index contributed by atoms with van der Waals surface area (Å²) in [6.07, 6.45) is 0.304. The highest BCUT2D eigenvalue weighted by Gasteiger charge is 2.38. The van der Waals surface area contributed by atoms with Crippen LogP contribution in [0.4, 0.5) is 18.9 Å². The predicted octanol–water partition coefficient (Wildman–Crippen LogP) is 4.90. The molecule has 0 aliphatic carbocycles. The van der Waals surface area contributed by atoms with Crippen LogP contribution < -0.4 is 5.32 Å². The third-order valence-electron chi connectivity index (χ3n) is 5.12. The van der Waals surface area contributed by atoms with E-state index in [9.17, 15) is 21.6 Å². The van der Waals surface area contributed by atoms with Crippen LogP contribution in [0, 0.1) is 0 Å². The second kappa shape index (κ2) is 10.7. The maximum atomic E-state index is 13.0. The fraction of sp³-hybridized carbons (Fsp3) is 0.273. The Labute approximate surface area is 202 Å². The summed E-state index contributed by atoms with van der Waals surface area (Å²) in [4.78, 5) is 13.4. The quantitative estimate of drug-likeness (QED) is 0.472. The zero-order chi connectivity index (χ0) is 24.9. The van der Waals surface area contributed by atoms with E-state index in [1.54, 1.807) is 34.8 Å². The van der Waals surface area contributed by atoms with Gasteiger partial charge >= 0.3 is 12.1 Å². The summed E-state index contributed by atoms with van der Waals surface area (Å²) in [6.45, 7) is 1.01. The number of sulfonamides is 1. The van der Waals surface area contributed by atoms with Gasteiger partial charge in [-0.3, -0.25) is 4.98 Å². The van der Waals surface area contributed by atoms with Gasteiger partial charge in [0, 0.05) is 52.5 Å². The lowest BCUT2D eigenvalue weighted by Crippen LogP contribution is -2.45. The van der Waals surface area contributed by atoms with Crippen LogP contribution in [0.5, 0.6) is 0 Å². The zero-order valence-corrected chi connectivity index (χ0v) is 20.1. The van der Waals surface area contributed by atoms with Crippen molar-refractivity contribution in [3.8, 4) is 0 Å². The van der Waals surface area contributed by atoms with Crippen molar-refractivity contribution in [1.29, 1.82) is 0 Å². The Morgan fingerprint density at radius 2 is 1.82 bits per heavy atom. The predicted molar refractivity (Wildman–Crippen MR) is 125 cm³/mol. The number of nitrogens with one attached hydrogen (secondary N) is 1. The number of carboxylic acids is 1. The number of alkyl halides is 3. The van der Waals surface area contributed by atoms with Gasteiger partial charge in [-0.05, 0) is 49.2 Å². The first kappa shape index (κ1) is 25.9. The highest BCUT2D eigenvalue weighted by Crippen LogP contribution is 2.27. The summed E-state index contributed by atoms with van der Waals surface area (Å²) < 4.78 is 60.2. The Morgan fingerprint density at radius 3 is 2.47 bits per heavy atom.